The second-order valence-corrected chi connectivity index (χ2v) is 5.21. The minimum absolute atomic E-state index is 0.490. The molecule has 2 bridgehead atoms. The fraction of sp³-hybridized carbons (Fsp3) is 1.00. The van der Waals surface area contributed by atoms with Crippen molar-refractivity contribution in [2.75, 3.05) is 13.6 Å². The lowest BCUT2D eigenvalue weighted by atomic mass is 9.87. The van der Waals surface area contributed by atoms with Gasteiger partial charge >= 0.3 is 0 Å². The van der Waals surface area contributed by atoms with E-state index < -0.39 is 0 Å². The summed E-state index contributed by atoms with van der Waals surface area (Å²) in [7, 11) is 2.24. The van der Waals surface area contributed by atoms with Gasteiger partial charge < -0.3 is 10.2 Å². The van der Waals surface area contributed by atoms with Crippen LogP contribution in [0.5, 0.6) is 0 Å². The predicted molar refractivity (Wildman–Crippen MR) is 55.9 cm³/mol. The van der Waals surface area contributed by atoms with Gasteiger partial charge in [-0.15, -0.1) is 0 Å². The molecule has 0 spiro atoms. The number of hydrogen-bond donors (Lipinski definition) is 1. The monoisotopic (exact) mass is 182 g/mol. The van der Waals surface area contributed by atoms with Gasteiger partial charge in [-0.3, -0.25) is 0 Å². The molecule has 0 saturated carbocycles. The van der Waals surface area contributed by atoms with Gasteiger partial charge in [0, 0.05) is 24.2 Å². The van der Waals surface area contributed by atoms with Crippen LogP contribution in [0.25, 0.3) is 0 Å². The third kappa shape index (κ3) is 1.75. The second-order valence-electron chi connectivity index (χ2n) is 5.21. The van der Waals surface area contributed by atoms with Crippen molar-refractivity contribution in [2.24, 2.45) is 0 Å². The van der Waals surface area contributed by atoms with Crippen LogP contribution in [0.15, 0.2) is 0 Å². The Morgan fingerprint density at radius 2 is 2.00 bits per heavy atom. The molecule has 0 aromatic rings. The Morgan fingerprint density at radius 1 is 1.38 bits per heavy atom. The van der Waals surface area contributed by atoms with Crippen molar-refractivity contribution in [2.45, 2.75) is 57.2 Å². The molecular formula is C11H22N2. The van der Waals surface area contributed by atoms with Gasteiger partial charge in [0.2, 0.25) is 0 Å². The number of nitrogens with one attached hydrogen (secondary N) is 1. The molecule has 0 atom stereocenters. The highest BCUT2D eigenvalue weighted by atomic mass is 15.2. The summed E-state index contributed by atoms with van der Waals surface area (Å²) in [6, 6.07) is 1.52. The molecule has 2 rings (SSSR count). The number of hydrogen-bond acceptors (Lipinski definition) is 2. The lowest BCUT2D eigenvalue weighted by Gasteiger charge is -2.33. The van der Waals surface area contributed by atoms with Crippen molar-refractivity contribution in [3.05, 3.63) is 0 Å². The second kappa shape index (κ2) is 3.25. The van der Waals surface area contributed by atoms with Crippen molar-refractivity contribution >= 4 is 0 Å². The van der Waals surface area contributed by atoms with Crippen molar-refractivity contribution in [3.63, 3.8) is 0 Å². The van der Waals surface area contributed by atoms with E-state index in [2.05, 4.69) is 31.1 Å². The van der Waals surface area contributed by atoms with Crippen LogP contribution >= 0.6 is 0 Å². The molecule has 2 aliphatic heterocycles. The van der Waals surface area contributed by atoms with Crippen LogP contribution in [-0.2, 0) is 0 Å². The summed E-state index contributed by atoms with van der Waals surface area (Å²) in [5.41, 5.74) is 0.490. The first-order chi connectivity index (χ1) is 6.11. The number of fused-ring (bicyclic) bond motifs is 2. The minimum atomic E-state index is 0.490. The molecule has 0 radical (unpaired) electrons. The van der Waals surface area contributed by atoms with E-state index in [1.807, 2.05) is 0 Å². The molecule has 0 aliphatic carbocycles. The van der Waals surface area contributed by atoms with Crippen LogP contribution in [-0.4, -0.2) is 36.1 Å². The van der Waals surface area contributed by atoms with Gasteiger partial charge in [0.25, 0.3) is 0 Å². The van der Waals surface area contributed by atoms with E-state index in [4.69, 9.17) is 0 Å². The van der Waals surface area contributed by atoms with Crippen molar-refractivity contribution in [3.8, 4) is 0 Å². The largest absolute Gasteiger partial charge is 0.307 e. The highest BCUT2D eigenvalue weighted by Gasteiger charge is 2.44. The van der Waals surface area contributed by atoms with Gasteiger partial charge in [0.15, 0.2) is 0 Å². The highest BCUT2D eigenvalue weighted by Crippen LogP contribution is 2.37. The molecule has 0 aromatic carbocycles. The zero-order valence-corrected chi connectivity index (χ0v) is 9.14. The summed E-state index contributed by atoms with van der Waals surface area (Å²) < 4.78 is 0. The Hall–Kier alpha value is -0.0800. The van der Waals surface area contributed by atoms with Gasteiger partial charge in [0.05, 0.1) is 0 Å². The predicted octanol–water partition coefficient (Wildman–Crippen LogP) is 1.61. The maximum atomic E-state index is 3.79. The van der Waals surface area contributed by atoms with Crippen molar-refractivity contribution < 1.29 is 0 Å². The lowest BCUT2D eigenvalue weighted by molar-refractivity contribution is 0.195. The van der Waals surface area contributed by atoms with E-state index in [0.717, 1.165) is 6.04 Å². The molecule has 2 nitrogen and oxygen atoms in total. The fourth-order valence-corrected chi connectivity index (χ4v) is 2.76. The first-order valence-corrected chi connectivity index (χ1v) is 5.59. The van der Waals surface area contributed by atoms with Crippen LogP contribution in [0, 0.1) is 0 Å². The summed E-state index contributed by atoms with van der Waals surface area (Å²) in [5, 5.41) is 3.79. The van der Waals surface area contributed by atoms with Crippen LogP contribution in [0.1, 0.15) is 39.5 Å². The summed E-state index contributed by atoms with van der Waals surface area (Å²) >= 11 is 0. The van der Waals surface area contributed by atoms with Gasteiger partial charge in [-0.2, -0.15) is 0 Å². The third-order valence-corrected chi connectivity index (χ3v) is 3.89. The Bertz CT molecular complexity index is 181. The van der Waals surface area contributed by atoms with Crippen LogP contribution in [0.2, 0.25) is 0 Å². The molecule has 76 valence electrons. The van der Waals surface area contributed by atoms with E-state index in [-0.39, 0.29) is 0 Å². The Morgan fingerprint density at radius 3 is 2.38 bits per heavy atom. The van der Waals surface area contributed by atoms with E-state index in [1.165, 1.54) is 32.2 Å². The number of nitrogens with zero attached hydrogens (tertiary/aromatic N) is 1. The molecule has 0 unspecified atom stereocenters. The Balaban J connectivity index is 1.93. The normalized spacial score (nSPS) is 38.1. The van der Waals surface area contributed by atoms with Crippen molar-refractivity contribution in [1.82, 2.24) is 10.2 Å². The molecule has 2 heteroatoms. The first-order valence-electron chi connectivity index (χ1n) is 5.59. The number of rotatable bonds is 3. The zero-order chi connectivity index (χ0) is 9.47. The molecule has 2 fully saturated rings. The summed E-state index contributed by atoms with van der Waals surface area (Å²) in [4.78, 5) is 2.47. The topological polar surface area (TPSA) is 15.3 Å². The Labute approximate surface area is 81.7 Å². The van der Waals surface area contributed by atoms with Gasteiger partial charge in [-0.05, 0) is 46.6 Å². The van der Waals surface area contributed by atoms with Crippen molar-refractivity contribution in [1.29, 1.82) is 0 Å². The smallest absolute Gasteiger partial charge is 0.0312 e. The average molecular weight is 182 g/mol. The summed E-state index contributed by atoms with van der Waals surface area (Å²) in [5.74, 6) is 0. The molecule has 2 aliphatic rings. The molecule has 1 N–H and O–H groups in total. The van der Waals surface area contributed by atoms with Crippen LogP contribution in [0.4, 0.5) is 0 Å². The molecule has 2 heterocycles. The van der Waals surface area contributed by atoms with E-state index in [0.29, 0.717) is 11.6 Å². The number of likely N-dealkylation sites (N-methyl/N-ethyl adjacent to an activating group) is 1. The fourth-order valence-electron chi connectivity index (χ4n) is 2.76. The van der Waals surface area contributed by atoms with Gasteiger partial charge in [-0.25, -0.2) is 0 Å². The summed E-state index contributed by atoms with van der Waals surface area (Å²) in [6.07, 6.45) is 5.61. The van der Waals surface area contributed by atoms with E-state index in [9.17, 15) is 0 Å². The maximum absolute atomic E-state index is 3.79. The molecular weight excluding hydrogens is 160 g/mol. The third-order valence-electron chi connectivity index (χ3n) is 3.89. The quantitative estimate of drug-likeness (QED) is 0.713. The zero-order valence-electron chi connectivity index (χ0n) is 9.14. The average Bonchev–Trinajstić information content (AvgIpc) is 2.62. The molecule has 0 aromatic heterocycles. The molecule has 13 heavy (non-hydrogen) atoms. The van der Waals surface area contributed by atoms with Gasteiger partial charge in [-0.1, -0.05) is 0 Å². The molecule has 0 amide bonds. The van der Waals surface area contributed by atoms with Crippen LogP contribution < -0.4 is 5.32 Å². The van der Waals surface area contributed by atoms with E-state index in [1.54, 1.807) is 0 Å². The maximum Gasteiger partial charge on any atom is 0.0312 e. The first kappa shape index (κ1) is 9.47. The summed E-state index contributed by atoms with van der Waals surface area (Å²) in [6.45, 7) is 5.79. The van der Waals surface area contributed by atoms with E-state index >= 15 is 0 Å². The molecule has 2 saturated heterocycles. The standard InChI is InChI=1S/C11H22N2/c1-9(2)13(3)8-11-6-4-10(12-11)5-7-11/h9-10,12H,4-8H2,1-3H3. The lowest BCUT2D eigenvalue weighted by Crippen LogP contribution is -2.48. The minimum Gasteiger partial charge on any atom is -0.307 e. The Kier molecular flexibility index (Phi) is 2.37. The van der Waals surface area contributed by atoms with Crippen LogP contribution in [0.3, 0.4) is 0 Å². The SMILES string of the molecule is CC(C)N(C)CC12CCC(CC1)N2. The highest BCUT2D eigenvalue weighted by molar-refractivity contribution is 5.05. The van der Waals surface area contributed by atoms with Gasteiger partial charge in [0.1, 0.15) is 0 Å².